The molecule has 2 heterocycles. The quantitative estimate of drug-likeness (QED) is 0.102. The van der Waals surface area contributed by atoms with Gasteiger partial charge in [-0.25, -0.2) is 13.1 Å². The summed E-state index contributed by atoms with van der Waals surface area (Å²) in [5.41, 5.74) is 14.7. The predicted molar refractivity (Wildman–Crippen MR) is 208 cm³/mol. The SMILES string of the molecule is [C-]#[N+][C@@H]1CCCC[C@@H]1n1cc(C(N)=O)c(Nc2ccc(CC(=O)OC)cc2)n1.[C-]#[N+][C@H]1CCCC[C@@H]1n1cc(C(N)=O)c(Nc2ccc(CC(=O)OC)cc2)n1. The normalized spacial score (nSPS) is 18.9. The molecule has 0 aliphatic heterocycles. The first-order chi connectivity index (χ1) is 27.0. The second-order valence-corrected chi connectivity index (χ2v) is 13.7. The molecule has 4 atom stereocenters. The molecule has 6 N–H and O–H groups in total. The van der Waals surface area contributed by atoms with Crippen LogP contribution in [0.4, 0.5) is 23.0 Å². The first-order valence-corrected chi connectivity index (χ1v) is 18.4. The van der Waals surface area contributed by atoms with Crippen molar-refractivity contribution in [1.29, 1.82) is 0 Å². The van der Waals surface area contributed by atoms with Gasteiger partial charge in [0.25, 0.3) is 11.8 Å². The van der Waals surface area contributed by atoms with E-state index in [4.69, 9.17) is 24.6 Å². The van der Waals surface area contributed by atoms with E-state index < -0.39 is 11.8 Å². The number of primary amides is 2. The molecule has 0 saturated heterocycles. The zero-order valence-corrected chi connectivity index (χ0v) is 31.4. The Balaban J connectivity index is 0.000000214. The number of hydrogen-bond acceptors (Lipinski definition) is 10. The van der Waals surface area contributed by atoms with Crippen LogP contribution in [-0.2, 0) is 31.9 Å². The van der Waals surface area contributed by atoms with Crippen LogP contribution in [0.5, 0.6) is 0 Å². The van der Waals surface area contributed by atoms with Crippen LogP contribution in [0.25, 0.3) is 9.69 Å². The topological polar surface area (TPSA) is 207 Å². The van der Waals surface area contributed by atoms with Gasteiger partial charge in [0.2, 0.25) is 12.1 Å². The molecule has 4 aromatic rings. The van der Waals surface area contributed by atoms with Crippen LogP contribution in [-0.4, -0.2) is 69.6 Å². The van der Waals surface area contributed by atoms with Crippen LogP contribution in [0.1, 0.15) is 95.3 Å². The van der Waals surface area contributed by atoms with Gasteiger partial charge >= 0.3 is 11.9 Å². The first kappa shape index (κ1) is 40.5. The molecule has 292 valence electrons. The number of rotatable bonds is 12. The summed E-state index contributed by atoms with van der Waals surface area (Å²) < 4.78 is 12.7. The summed E-state index contributed by atoms with van der Waals surface area (Å²) in [5, 5.41) is 15.3. The standard InChI is InChI=1S/2C20H23N5O3/c2*1-22-16-5-3-4-6-17(16)25-12-15(19(21)27)20(24-25)23-14-9-7-13(8-10-14)11-18(26)28-2/h2*7-10,12,16-17H,3-6,11H2,2H3,(H2,21,27)(H,23,24)/t16-,17+;16-,17-/m10/s1. The highest BCUT2D eigenvalue weighted by molar-refractivity contribution is 5.98. The summed E-state index contributed by atoms with van der Waals surface area (Å²) in [6, 6.07) is 14.0. The molecule has 2 aliphatic rings. The fourth-order valence-electron chi connectivity index (χ4n) is 6.93. The molecule has 6 rings (SSSR count). The Hall–Kier alpha value is -6.68. The molecule has 0 bridgehead atoms. The first-order valence-electron chi connectivity index (χ1n) is 18.4. The van der Waals surface area contributed by atoms with Gasteiger partial charge in [0.1, 0.15) is 23.2 Å². The maximum atomic E-state index is 11.9. The van der Waals surface area contributed by atoms with Gasteiger partial charge in [-0.15, -0.1) is 0 Å². The van der Waals surface area contributed by atoms with Gasteiger partial charge in [0, 0.05) is 36.6 Å². The summed E-state index contributed by atoms with van der Waals surface area (Å²) in [7, 11) is 2.70. The highest BCUT2D eigenvalue weighted by Gasteiger charge is 2.34. The van der Waals surface area contributed by atoms with Crippen molar-refractivity contribution in [2.45, 2.75) is 88.4 Å². The number of ether oxygens (including phenoxy) is 2. The monoisotopic (exact) mass is 762 g/mol. The Morgan fingerprint density at radius 3 is 1.34 bits per heavy atom. The highest BCUT2D eigenvalue weighted by atomic mass is 16.5. The van der Waals surface area contributed by atoms with Gasteiger partial charge in [-0.2, -0.15) is 10.2 Å². The van der Waals surface area contributed by atoms with Crippen molar-refractivity contribution in [2.75, 3.05) is 24.9 Å². The van der Waals surface area contributed by atoms with Crippen molar-refractivity contribution in [1.82, 2.24) is 19.6 Å². The summed E-state index contributed by atoms with van der Waals surface area (Å²) in [5.74, 6) is -1.04. The summed E-state index contributed by atoms with van der Waals surface area (Å²) in [6.07, 6.45) is 11.2. The number of hydrogen-bond donors (Lipinski definition) is 4. The molecule has 0 radical (unpaired) electrons. The number of carbonyl (C=O) groups is 4. The lowest BCUT2D eigenvalue weighted by atomic mass is 9.91. The second kappa shape index (κ2) is 19.1. The van der Waals surface area contributed by atoms with E-state index in [-0.39, 0.29) is 60.1 Å². The third-order valence-electron chi connectivity index (χ3n) is 9.98. The minimum Gasteiger partial charge on any atom is -0.469 e. The van der Waals surface area contributed by atoms with Crippen LogP contribution in [0.2, 0.25) is 0 Å². The molecule has 16 heteroatoms. The number of nitrogens with one attached hydrogen (secondary N) is 2. The molecule has 2 aliphatic carbocycles. The molecule has 2 amide bonds. The fourth-order valence-corrected chi connectivity index (χ4v) is 6.93. The maximum Gasteiger partial charge on any atom is 0.309 e. The number of nitrogens with two attached hydrogens (primary N) is 2. The summed E-state index contributed by atoms with van der Waals surface area (Å²) >= 11 is 0. The van der Waals surface area contributed by atoms with Gasteiger partial charge < -0.3 is 41.3 Å². The van der Waals surface area contributed by atoms with Crippen molar-refractivity contribution in [3.05, 3.63) is 106 Å². The lowest BCUT2D eigenvalue weighted by Gasteiger charge is -2.23. The van der Waals surface area contributed by atoms with Gasteiger partial charge in [-0.1, -0.05) is 37.1 Å². The number of methoxy groups -OCH3 is 2. The molecule has 0 unspecified atom stereocenters. The average molecular weight is 763 g/mol. The van der Waals surface area contributed by atoms with Crippen molar-refractivity contribution < 1.29 is 28.7 Å². The van der Waals surface area contributed by atoms with E-state index in [1.165, 1.54) is 14.2 Å². The number of anilines is 4. The number of nitrogens with zero attached hydrogens (tertiary/aromatic N) is 6. The Labute approximate surface area is 325 Å². The highest BCUT2D eigenvalue weighted by Crippen LogP contribution is 2.34. The van der Waals surface area contributed by atoms with Gasteiger partial charge in [0.05, 0.1) is 27.1 Å². The zero-order chi connectivity index (χ0) is 40.2. The van der Waals surface area contributed by atoms with Crippen molar-refractivity contribution >= 4 is 46.8 Å². The van der Waals surface area contributed by atoms with Crippen molar-refractivity contribution in [3.63, 3.8) is 0 Å². The van der Waals surface area contributed by atoms with E-state index in [1.54, 1.807) is 70.3 Å². The van der Waals surface area contributed by atoms with Crippen LogP contribution in [0.3, 0.4) is 0 Å². The fraction of sp³-hybridized carbons (Fsp3) is 0.400. The smallest absolute Gasteiger partial charge is 0.309 e. The van der Waals surface area contributed by atoms with Gasteiger partial charge in [-0.05, 0) is 61.1 Å². The molecule has 56 heavy (non-hydrogen) atoms. The molecule has 0 spiro atoms. The number of carbonyl (C=O) groups excluding carboxylic acids is 4. The van der Waals surface area contributed by atoms with Crippen LogP contribution in [0, 0.1) is 13.1 Å². The average Bonchev–Trinajstić information content (AvgIpc) is 3.84. The number of amides is 2. The Kier molecular flexibility index (Phi) is 13.8. The molecule has 2 fully saturated rings. The van der Waals surface area contributed by atoms with Crippen LogP contribution < -0.4 is 22.1 Å². The summed E-state index contributed by atoms with van der Waals surface area (Å²) in [4.78, 5) is 53.9. The van der Waals surface area contributed by atoms with Crippen molar-refractivity contribution in [3.8, 4) is 0 Å². The van der Waals surface area contributed by atoms with Crippen LogP contribution >= 0.6 is 0 Å². The largest absolute Gasteiger partial charge is 0.469 e. The van der Waals surface area contributed by atoms with E-state index in [1.807, 2.05) is 0 Å². The summed E-state index contributed by atoms with van der Waals surface area (Å²) in [6.45, 7) is 14.9. The molecular weight excluding hydrogens is 717 g/mol. The number of aromatic nitrogens is 4. The van der Waals surface area contributed by atoms with Crippen LogP contribution in [0.15, 0.2) is 60.9 Å². The minimum atomic E-state index is -0.578. The van der Waals surface area contributed by atoms with E-state index in [0.29, 0.717) is 23.0 Å². The molecular formula is C40H46N10O6. The Morgan fingerprint density at radius 1 is 0.661 bits per heavy atom. The zero-order valence-electron chi connectivity index (χ0n) is 31.4. The predicted octanol–water partition coefficient (Wildman–Crippen LogP) is 5.69. The lowest BCUT2D eigenvalue weighted by Crippen LogP contribution is -2.25. The molecule has 2 saturated carbocycles. The van der Waals surface area contributed by atoms with E-state index in [2.05, 4.69) is 40.0 Å². The van der Waals surface area contributed by atoms with Crippen molar-refractivity contribution in [2.24, 2.45) is 11.5 Å². The van der Waals surface area contributed by atoms with Gasteiger partial charge in [-0.3, -0.25) is 28.5 Å². The van der Waals surface area contributed by atoms with Gasteiger partial charge in [0.15, 0.2) is 11.6 Å². The Morgan fingerprint density at radius 2 is 1.02 bits per heavy atom. The molecule has 2 aromatic heterocycles. The third kappa shape index (κ3) is 10.3. The second-order valence-electron chi connectivity index (χ2n) is 13.7. The van der Waals surface area contributed by atoms with E-state index in [0.717, 1.165) is 62.5 Å². The third-order valence-corrected chi connectivity index (χ3v) is 9.98. The minimum absolute atomic E-state index is 0.0534. The van der Waals surface area contributed by atoms with E-state index >= 15 is 0 Å². The molecule has 2 aromatic carbocycles. The molecule has 16 nitrogen and oxygen atoms in total. The number of benzene rings is 2. The lowest BCUT2D eigenvalue weighted by molar-refractivity contribution is -0.140. The Bertz CT molecular complexity index is 1940. The van der Waals surface area contributed by atoms with E-state index in [9.17, 15) is 19.2 Å². The maximum absolute atomic E-state index is 11.9. The number of esters is 2.